The van der Waals surface area contributed by atoms with Crippen LogP contribution >= 0.6 is 19.6 Å². The van der Waals surface area contributed by atoms with Crippen LogP contribution < -0.4 is 0 Å². The molecule has 19 heavy (non-hydrogen) atoms. The van der Waals surface area contributed by atoms with E-state index in [9.17, 15) is 14.5 Å². The summed E-state index contributed by atoms with van der Waals surface area (Å²) < 4.78 is 12.0. The van der Waals surface area contributed by atoms with Crippen molar-refractivity contribution in [1.82, 2.24) is 0 Å². The third kappa shape index (κ3) is 5.31. The van der Waals surface area contributed by atoms with Gasteiger partial charge in [-0.3, -0.25) is 4.79 Å². The maximum Gasteiger partial charge on any atom is 0.382 e. The lowest BCUT2D eigenvalue weighted by atomic mass is 10.1. The first-order chi connectivity index (χ1) is 9.06. The van der Waals surface area contributed by atoms with Crippen LogP contribution in [-0.2, 0) is 9.36 Å². The Balaban J connectivity index is 2.54. The minimum absolute atomic E-state index is 0.230. The van der Waals surface area contributed by atoms with E-state index >= 15 is 0 Å². The molecule has 0 amide bonds. The topological polar surface area (TPSA) is 74.6 Å². The summed E-state index contributed by atoms with van der Waals surface area (Å²) in [4.78, 5) is 12.0. The normalized spacial score (nSPS) is 14.7. The average Bonchev–Trinajstić information content (AvgIpc) is 2.42. The fourth-order valence-corrected chi connectivity index (χ4v) is 4.39. The average molecular weight is 301 g/mol. The minimum atomic E-state index is -1.96. The van der Waals surface area contributed by atoms with Gasteiger partial charge >= 0.3 is 13.8 Å². The summed E-state index contributed by atoms with van der Waals surface area (Å²) in [5.41, 5.74) is 0.230. The smallest absolute Gasteiger partial charge is 0.382 e. The Morgan fingerprint density at radius 2 is 2.00 bits per heavy atom. The zero-order valence-electron chi connectivity index (χ0n) is 10.7. The number of carbonyl (C=O) groups is 1. The third-order valence-electron chi connectivity index (χ3n) is 2.67. The fraction of sp³-hybridized carbons (Fsp3) is 0.462. The van der Waals surface area contributed by atoms with Gasteiger partial charge in [-0.05, 0) is 18.6 Å². The number of aliphatic hydroxyl groups excluding tert-OH is 1. The Morgan fingerprint density at radius 1 is 1.37 bits per heavy atom. The molecule has 0 aliphatic rings. The van der Waals surface area contributed by atoms with E-state index in [4.69, 9.17) is 5.11 Å². The number of benzene rings is 1. The van der Waals surface area contributed by atoms with E-state index in [0.29, 0.717) is 12.8 Å². The summed E-state index contributed by atoms with van der Waals surface area (Å²) >= 11 is 1.37. The molecule has 3 atom stereocenters. The number of carboxylic acid groups (broad SMARTS) is 1. The lowest BCUT2D eigenvalue weighted by molar-refractivity contribution is -0.144. The van der Waals surface area contributed by atoms with Crippen molar-refractivity contribution in [2.45, 2.75) is 30.5 Å². The van der Waals surface area contributed by atoms with Gasteiger partial charge in [-0.2, -0.15) is 0 Å². The summed E-state index contributed by atoms with van der Waals surface area (Å²) in [6.45, 7) is 1.84. The number of aliphatic hydroxyl groups is 1. The minimum Gasteiger partial charge on any atom is -0.481 e. The zero-order chi connectivity index (χ0) is 14.3. The fourth-order valence-electron chi connectivity index (χ4n) is 1.64. The molecule has 1 aromatic carbocycles. The molecular weight excluding hydrogens is 283 g/mol. The summed E-state index contributed by atoms with van der Waals surface area (Å²) in [5.74, 6) is -3.30. The van der Waals surface area contributed by atoms with Crippen LogP contribution in [0.2, 0.25) is 0 Å². The second-order valence-electron chi connectivity index (χ2n) is 4.15. The van der Waals surface area contributed by atoms with E-state index in [0.717, 1.165) is 4.90 Å². The van der Waals surface area contributed by atoms with Crippen LogP contribution in [0.25, 0.3) is 0 Å². The van der Waals surface area contributed by atoms with Gasteiger partial charge in [0, 0.05) is 4.90 Å². The van der Waals surface area contributed by atoms with E-state index < -0.39 is 25.5 Å². The van der Waals surface area contributed by atoms with Crippen molar-refractivity contribution in [2.75, 3.05) is 5.49 Å². The molecule has 0 bridgehead atoms. The van der Waals surface area contributed by atoms with Crippen molar-refractivity contribution in [3.05, 3.63) is 30.3 Å². The Kier molecular flexibility index (Phi) is 7.06. The van der Waals surface area contributed by atoms with Crippen molar-refractivity contribution in [3.63, 3.8) is 0 Å². The van der Waals surface area contributed by atoms with Crippen LogP contribution in [0.15, 0.2) is 35.2 Å². The van der Waals surface area contributed by atoms with E-state index in [1.54, 1.807) is 0 Å². The number of rotatable bonds is 8. The number of hydrogen-bond acceptors (Lipinski definition) is 4. The molecule has 1 rings (SSSR count). The highest BCUT2D eigenvalue weighted by atomic mass is 32.2. The summed E-state index contributed by atoms with van der Waals surface area (Å²) in [6, 6.07) is 9.43. The Labute approximate surface area is 118 Å². The van der Waals surface area contributed by atoms with Gasteiger partial charge < -0.3 is 10.2 Å². The van der Waals surface area contributed by atoms with Crippen molar-refractivity contribution < 1.29 is 19.6 Å². The standard InChI is InChI=1S/C13H17O4PS/c1-2-6-11(12(14)15)13(16)18(17)9-19-10-7-4-3-5-8-10/h3-5,7-8,11,13,16H,2,6,9H2,1H3/p+1. The highest BCUT2D eigenvalue weighted by molar-refractivity contribution is 8.03. The molecule has 3 unspecified atom stereocenters. The van der Waals surface area contributed by atoms with Crippen LogP contribution in [0.4, 0.5) is 0 Å². The monoisotopic (exact) mass is 301 g/mol. The highest BCUT2D eigenvalue weighted by Gasteiger charge is 2.39. The highest BCUT2D eigenvalue weighted by Crippen LogP contribution is 2.39. The molecule has 0 saturated carbocycles. The van der Waals surface area contributed by atoms with Crippen LogP contribution in [0.5, 0.6) is 0 Å². The quantitative estimate of drug-likeness (QED) is 0.568. The molecule has 6 heteroatoms. The predicted molar refractivity (Wildman–Crippen MR) is 76.8 cm³/mol. The number of thioether (sulfide) groups is 1. The van der Waals surface area contributed by atoms with Gasteiger partial charge in [-0.1, -0.05) is 47.9 Å². The van der Waals surface area contributed by atoms with Gasteiger partial charge in [0.1, 0.15) is 5.92 Å². The van der Waals surface area contributed by atoms with Crippen molar-refractivity contribution in [1.29, 1.82) is 0 Å². The molecule has 2 N–H and O–H groups in total. The van der Waals surface area contributed by atoms with Crippen LogP contribution in [-0.4, -0.2) is 27.5 Å². The zero-order valence-corrected chi connectivity index (χ0v) is 12.4. The number of carboxylic acids is 1. The van der Waals surface area contributed by atoms with Gasteiger partial charge in [0.05, 0.1) is 0 Å². The van der Waals surface area contributed by atoms with Crippen LogP contribution in [0.3, 0.4) is 0 Å². The Hall–Kier alpha value is -0.900. The first kappa shape index (κ1) is 16.2. The molecule has 0 radical (unpaired) electrons. The molecule has 1 aromatic rings. The lowest BCUT2D eigenvalue weighted by Gasteiger charge is -2.10. The molecule has 104 valence electrons. The lowest BCUT2D eigenvalue weighted by Crippen LogP contribution is -2.25. The van der Waals surface area contributed by atoms with Gasteiger partial charge in [0.25, 0.3) is 5.85 Å². The van der Waals surface area contributed by atoms with Crippen molar-refractivity contribution >= 4 is 25.5 Å². The first-order valence-corrected chi connectivity index (χ1v) is 8.58. The van der Waals surface area contributed by atoms with E-state index in [2.05, 4.69) is 0 Å². The van der Waals surface area contributed by atoms with Gasteiger partial charge in [-0.15, -0.1) is 0 Å². The first-order valence-electron chi connectivity index (χ1n) is 6.08. The van der Waals surface area contributed by atoms with Gasteiger partial charge in [-0.25, -0.2) is 0 Å². The predicted octanol–water partition coefficient (Wildman–Crippen LogP) is 3.38. The van der Waals surface area contributed by atoms with E-state index in [1.165, 1.54) is 11.8 Å². The largest absolute Gasteiger partial charge is 0.481 e. The van der Waals surface area contributed by atoms with Crippen molar-refractivity contribution in [2.24, 2.45) is 5.92 Å². The van der Waals surface area contributed by atoms with E-state index in [-0.39, 0.29) is 5.49 Å². The molecule has 0 aliphatic carbocycles. The molecule has 0 aliphatic heterocycles. The Morgan fingerprint density at radius 3 is 2.53 bits per heavy atom. The van der Waals surface area contributed by atoms with Gasteiger partial charge in [0.15, 0.2) is 5.49 Å². The second kappa shape index (κ2) is 8.31. The SMILES string of the molecule is CCCC(C(=O)O)C(O)[P+](=O)CSc1ccccc1. The Bertz CT molecular complexity index is 424. The summed E-state index contributed by atoms with van der Waals surface area (Å²) in [7, 11) is -1.96. The molecule has 0 aromatic heterocycles. The van der Waals surface area contributed by atoms with Crippen LogP contribution in [0, 0.1) is 5.92 Å². The van der Waals surface area contributed by atoms with Crippen molar-refractivity contribution in [3.8, 4) is 0 Å². The maximum absolute atomic E-state index is 12.0. The van der Waals surface area contributed by atoms with Crippen LogP contribution in [0.1, 0.15) is 19.8 Å². The third-order valence-corrected chi connectivity index (χ3v) is 5.76. The van der Waals surface area contributed by atoms with E-state index in [1.807, 2.05) is 37.3 Å². The maximum atomic E-state index is 12.0. The molecule has 0 fully saturated rings. The molecular formula is C13H18O4PS+. The number of hydrogen-bond donors (Lipinski definition) is 2. The number of aliphatic carboxylic acids is 1. The molecule has 4 nitrogen and oxygen atoms in total. The van der Waals surface area contributed by atoms with Gasteiger partial charge in [0.2, 0.25) is 0 Å². The second-order valence-corrected chi connectivity index (χ2v) is 7.31. The summed E-state index contributed by atoms with van der Waals surface area (Å²) in [6.07, 6.45) is 0.983. The molecule has 0 heterocycles. The summed E-state index contributed by atoms with van der Waals surface area (Å²) in [5, 5.41) is 18.9. The molecule has 0 spiro atoms. The molecule has 0 saturated heterocycles.